The van der Waals surface area contributed by atoms with Gasteiger partial charge in [0.15, 0.2) is 11.0 Å². The standard InChI is InChI=1S/C18H14ClN3O2S/c1-11-4-2-3-5-15(11)20-10-14-16(23)21-18(25)22(17(14)24)13-8-6-12(19)7-9-13/h2-10,14H,1H3,(H,21,23,25)/t14-/m1/s1. The molecule has 0 aliphatic carbocycles. The number of amides is 2. The van der Waals surface area contributed by atoms with E-state index in [9.17, 15) is 9.59 Å². The van der Waals surface area contributed by atoms with Gasteiger partial charge in [-0.2, -0.15) is 0 Å². The molecule has 1 saturated heterocycles. The van der Waals surface area contributed by atoms with Crippen molar-refractivity contribution in [3.8, 4) is 0 Å². The van der Waals surface area contributed by atoms with Gasteiger partial charge in [0.25, 0.3) is 5.91 Å². The van der Waals surface area contributed by atoms with Gasteiger partial charge in [-0.15, -0.1) is 0 Å². The van der Waals surface area contributed by atoms with Crippen LogP contribution < -0.4 is 10.2 Å². The van der Waals surface area contributed by atoms with Crippen LogP contribution in [-0.4, -0.2) is 23.1 Å². The van der Waals surface area contributed by atoms with Gasteiger partial charge < -0.3 is 5.32 Å². The van der Waals surface area contributed by atoms with Gasteiger partial charge in [0.2, 0.25) is 5.91 Å². The molecule has 1 fully saturated rings. The fraction of sp³-hybridized carbons (Fsp3) is 0.111. The fourth-order valence-electron chi connectivity index (χ4n) is 2.42. The normalized spacial score (nSPS) is 17.9. The zero-order valence-corrected chi connectivity index (χ0v) is 14.8. The number of anilines is 1. The van der Waals surface area contributed by atoms with Crippen molar-refractivity contribution in [3.63, 3.8) is 0 Å². The number of aliphatic imine (C=N–C) groups is 1. The molecule has 1 aliphatic rings. The number of aryl methyl sites for hydroxylation is 1. The third-order valence-corrected chi connectivity index (χ3v) is 4.30. The first-order chi connectivity index (χ1) is 12.0. The molecule has 2 aromatic carbocycles. The highest BCUT2D eigenvalue weighted by molar-refractivity contribution is 7.80. The number of carbonyl (C=O) groups excluding carboxylic acids is 2. The predicted octanol–water partition coefficient (Wildman–Crippen LogP) is 3.41. The van der Waals surface area contributed by atoms with Crippen LogP contribution in [-0.2, 0) is 9.59 Å². The Morgan fingerprint density at radius 3 is 2.52 bits per heavy atom. The number of nitrogens with zero attached hydrogens (tertiary/aromatic N) is 2. The second-order valence-corrected chi connectivity index (χ2v) is 6.31. The number of halogens is 1. The lowest BCUT2D eigenvalue weighted by Crippen LogP contribution is -2.58. The highest BCUT2D eigenvalue weighted by atomic mass is 35.5. The molecule has 0 radical (unpaired) electrons. The van der Waals surface area contributed by atoms with Crippen LogP contribution >= 0.6 is 23.8 Å². The van der Waals surface area contributed by atoms with Crippen molar-refractivity contribution < 1.29 is 9.59 Å². The van der Waals surface area contributed by atoms with Gasteiger partial charge in [0.05, 0.1) is 11.4 Å². The lowest BCUT2D eigenvalue weighted by atomic mass is 10.1. The summed E-state index contributed by atoms with van der Waals surface area (Å²) >= 11 is 11.0. The first-order valence-electron chi connectivity index (χ1n) is 7.51. The molecule has 2 amide bonds. The second kappa shape index (κ2) is 7.13. The van der Waals surface area contributed by atoms with Gasteiger partial charge in [0.1, 0.15) is 0 Å². The summed E-state index contributed by atoms with van der Waals surface area (Å²) in [6.07, 6.45) is 1.35. The van der Waals surface area contributed by atoms with Crippen LogP contribution in [0.4, 0.5) is 11.4 Å². The zero-order valence-electron chi connectivity index (χ0n) is 13.3. The Bertz CT molecular complexity index is 880. The number of thiocarbonyl (C=S) groups is 1. The van der Waals surface area contributed by atoms with Crippen molar-refractivity contribution in [2.24, 2.45) is 10.9 Å². The molecule has 0 saturated carbocycles. The third-order valence-electron chi connectivity index (χ3n) is 3.77. The molecule has 0 unspecified atom stereocenters. The van der Waals surface area contributed by atoms with Crippen LogP contribution in [0.5, 0.6) is 0 Å². The summed E-state index contributed by atoms with van der Waals surface area (Å²) in [7, 11) is 0. The maximum Gasteiger partial charge on any atom is 0.251 e. The number of rotatable bonds is 3. The van der Waals surface area contributed by atoms with Crippen LogP contribution in [0.25, 0.3) is 0 Å². The maximum atomic E-state index is 12.8. The highest BCUT2D eigenvalue weighted by Crippen LogP contribution is 2.23. The molecular formula is C18H14ClN3O2S. The summed E-state index contributed by atoms with van der Waals surface area (Å²) in [5.41, 5.74) is 2.19. The zero-order chi connectivity index (χ0) is 18.0. The SMILES string of the molecule is Cc1ccccc1N=C[C@@H]1C(=O)NC(=S)N(c2ccc(Cl)cc2)C1=O. The van der Waals surface area contributed by atoms with Crippen molar-refractivity contribution in [3.05, 3.63) is 59.1 Å². The molecule has 25 heavy (non-hydrogen) atoms. The number of nitrogens with one attached hydrogen (secondary N) is 1. The number of hydrogen-bond acceptors (Lipinski definition) is 4. The highest BCUT2D eigenvalue weighted by Gasteiger charge is 2.38. The van der Waals surface area contributed by atoms with Gasteiger partial charge in [-0.3, -0.25) is 19.5 Å². The van der Waals surface area contributed by atoms with Crippen molar-refractivity contribution in [1.29, 1.82) is 0 Å². The molecule has 2 aromatic rings. The minimum atomic E-state index is -1.05. The van der Waals surface area contributed by atoms with Crippen LogP contribution in [0.15, 0.2) is 53.5 Å². The van der Waals surface area contributed by atoms with Crippen LogP contribution in [0.1, 0.15) is 5.56 Å². The molecule has 0 bridgehead atoms. The van der Waals surface area contributed by atoms with Gasteiger partial charge in [-0.1, -0.05) is 29.8 Å². The Morgan fingerprint density at radius 2 is 1.84 bits per heavy atom. The van der Waals surface area contributed by atoms with Crippen molar-refractivity contribution in [2.45, 2.75) is 6.92 Å². The summed E-state index contributed by atoms with van der Waals surface area (Å²) < 4.78 is 0. The van der Waals surface area contributed by atoms with Gasteiger partial charge >= 0.3 is 0 Å². The number of hydrogen-bond donors (Lipinski definition) is 1. The number of carbonyl (C=O) groups is 2. The molecule has 7 heteroatoms. The largest absolute Gasteiger partial charge is 0.301 e. The first-order valence-corrected chi connectivity index (χ1v) is 8.30. The Hall–Kier alpha value is -2.57. The smallest absolute Gasteiger partial charge is 0.251 e. The quantitative estimate of drug-likeness (QED) is 0.511. The van der Waals surface area contributed by atoms with Crippen molar-refractivity contribution in [1.82, 2.24) is 5.32 Å². The van der Waals surface area contributed by atoms with Crippen LogP contribution in [0.2, 0.25) is 5.02 Å². The summed E-state index contributed by atoms with van der Waals surface area (Å²) in [6, 6.07) is 14.1. The van der Waals surface area contributed by atoms with Crippen molar-refractivity contribution >= 4 is 58.3 Å². The van der Waals surface area contributed by atoms with Gasteiger partial charge in [-0.25, -0.2) is 0 Å². The van der Waals surface area contributed by atoms with E-state index < -0.39 is 17.7 Å². The average Bonchev–Trinajstić information content (AvgIpc) is 2.57. The Labute approximate surface area is 155 Å². The van der Waals surface area contributed by atoms with E-state index in [-0.39, 0.29) is 5.11 Å². The van der Waals surface area contributed by atoms with E-state index >= 15 is 0 Å². The number of benzene rings is 2. The van der Waals surface area contributed by atoms with E-state index in [1.807, 2.05) is 31.2 Å². The maximum absolute atomic E-state index is 12.8. The molecular weight excluding hydrogens is 358 g/mol. The average molecular weight is 372 g/mol. The molecule has 0 aromatic heterocycles. The molecule has 5 nitrogen and oxygen atoms in total. The lowest BCUT2D eigenvalue weighted by Gasteiger charge is -2.30. The summed E-state index contributed by atoms with van der Waals surface area (Å²) in [4.78, 5) is 30.6. The van der Waals surface area contributed by atoms with Crippen LogP contribution in [0, 0.1) is 12.8 Å². The Morgan fingerprint density at radius 1 is 1.16 bits per heavy atom. The molecule has 0 spiro atoms. The molecule has 3 rings (SSSR count). The predicted molar refractivity (Wildman–Crippen MR) is 102 cm³/mol. The van der Waals surface area contributed by atoms with Gasteiger partial charge in [-0.05, 0) is 55.0 Å². The Balaban J connectivity index is 1.90. The summed E-state index contributed by atoms with van der Waals surface area (Å²) in [5, 5.41) is 3.13. The lowest BCUT2D eigenvalue weighted by molar-refractivity contribution is -0.130. The molecule has 126 valence electrons. The minimum absolute atomic E-state index is 0.0397. The molecule has 1 atom stereocenters. The molecule has 1 aliphatic heterocycles. The van der Waals surface area contributed by atoms with E-state index in [0.717, 1.165) is 5.56 Å². The van der Waals surface area contributed by atoms with Crippen LogP contribution in [0.3, 0.4) is 0 Å². The topological polar surface area (TPSA) is 61.8 Å². The number of para-hydroxylation sites is 1. The third kappa shape index (κ3) is 3.60. The van der Waals surface area contributed by atoms with Crippen molar-refractivity contribution in [2.75, 3.05) is 4.90 Å². The summed E-state index contributed by atoms with van der Waals surface area (Å²) in [5.74, 6) is -1.99. The fourth-order valence-corrected chi connectivity index (χ4v) is 2.84. The second-order valence-electron chi connectivity index (χ2n) is 5.49. The van der Waals surface area contributed by atoms with E-state index in [4.69, 9.17) is 23.8 Å². The molecule has 1 N–H and O–H groups in total. The van der Waals surface area contributed by atoms with E-state index in [1.165, 1.54) is 11.1 Å². The van der Waals surface area contributed by atoms with E-state index in [2.05, 4.69) is 10.3 Å². The minimum Gasteiger partial charge on any atom is -0.301 e. The summed E-state index contributed by atoms with van der Waals surface area (Å²) in [6.45, 7) is 1.91. The van der Waals surface area contributed by atoms with E-state index in [1.54, 1.807) is 24.3 Å². The Kier molecular flexibility index (Phi) is 4.92. The first kappa shape index (κ1) is 17.3. The molecule has 1 heterocycles. The monoisotopic (exact) mass is 371 g/mol. The van der Waals surface area contributed by atoms with Gasteiger partial charge in [0, 0.05) is 11.2 Å². The van der Waals surface area contributed by atoms with E-state index in [0.29, 0.717) is 16.4 Å².